The minimum Gasteiger partial charge on any atom is -0.484 e. The van der Waals surface area contributed by atoms with Crippen LogP contribution in [0, 0.1) is 5.92 Å². The minimum atomic E-state index is -0.184. The molecule has 1 aromatic rings. The lowest BCUT2D eigenvalue weighted by molar-refractivity contribution is -0.133. The van der Waals surface area contributed by atoms with Gasteiger partial charge in [0.25, 0.3) is 5.91 Å². The summed E-state index contributed by atoms with van der Waals surface area (Å²) in [6.07, 6.45) is 1.38. The zero-order chi connectivity index (χ0) is 13.8. The first-order valence-electron chi connectivity index (χ1n) is 6.35. The zero-order valence-corrected chi connectivity index (χ0v) is 11.6. The van der Waals surface area contributed by atoms with E-state index in [2.05, 4.69) is 0 Å². The Morgan fingerprint density at radius 2 is 2.26 bits per heavy atom. The van der Waals surface area contributed by atoms with Gasteiger partial charge in [0.1, 0.15) is 5.75 Å². The number of amides is 1. The molecular weight excluding hydrogens is 266 g/mol. The van der Waals surface area contributed by atoms with Crippen molar-refractivity contribution in [2.24, 2.45) is 5.92 Å². The van der Waals surface area contributed by atoms with Crippen LogP contribution in [0.15, 0.2) is 24.3 Å². The van der Waals surface area contributed by atoms with Crippen molar-refractivity contribution in [1.29, 1.82) is 0 Å². The van der Waals surface area contributed by atoms with E-state index in [1.165, 1.54) is 0 Å². The summed E-state index contributed by atoms with van der Waals surface area (Å²) in [6, 6.07) is 6.98. The standard InChI is InChI=1S/C14H18ClNO3/c1-16(8-10-5-12(17)6-10)14(18)9-19-13-4-2-3-11(15)7-13/h2-4,7,10,12,17H,5-6,8-9H2,1H3. The molecule has 104 valence electrons. The van der Waals surface area contributed by atoms with Crippen LogP contribution in [0.3, 0.4) is 0 Å². The van der Waals surface area contributed by atoms with Gasteiger partial charge in [0.05, 0.1) is 6.10 Å². The van der Waals surface area contributed by atoms with Gasteiger partial charge in [0, 0.05) is 18.6 Å². The van der Waals surface area contributed by atoms with Crippen LogP contribution in [0.4, 0.5) is 0 Å². The summed E-state index contributed by atoms with van der Waals surface area (Å²) in [7, 11) is 1.76. The molecule has 1 aromatic carbocycles. The smallest absolute Gasteiger partial charge is 0.260 e. The lowest BCUT2D eigenvalue weighted by Gasteiger charge is -2.34. The van der Waals surface area contributed by atoms with E-state index in [0.717, 1.165) is 12.8 Å². The van der Waals surface area contributed by atoms with Crippen LogP contribution in [0.25, 0.3) is 0 Å². The number of halogens is 1. The van der Waals surface area contributed by atoms with Crippen LogP contribution in [0.2, 0.25) is 5.02 Å². The Balaban J connectivity index is 1.74. The van der Waals surface area contributed by atoms with Crippen LogP contribution in [0.1, 0.15) is 12.8 Å². The van der Waals surface area contributed by atoms with Crippen LogP contribution >= 0.6 is 11.6 Å². The third kappa shape index (κ3) is 4.11. The molecule has 19 heavy (non-hydrogen) atoms. The summed E-state index contributed by atoms with van der Waals surface area (Å²) in [5.41, 5.74) is 0. The fourth-order valence-corrected chi connectivity index (χ4v) is 2.33. The number of carbonyl (C=O) groups is 1. The van der Waals surface area contributed by atoms with Crippen LogP contribution in [0.5, 0.6) is 5.75 Å². The number of aliphatic hydroxyl groups excluding tert-OH is 1. The number of benzene rings is 1. The summed E-state index contributed by atoms with van der Waals surface area (Å²) in [4.78, 5) is 13.5. The molecular formula is C14H18ClNO3. The van der Waals surface area contributed by atoms with E-state index >= 15 is 0 Å². The Morgan fingerprint density at radius 1 is 1.53 bits per heavy atom. The first kappa shape index (κ1) is 14.2. The Hall–Kier alpha value is -1.26. The second kappa shape index (κ2) is 6.26. The molecule has 1 saturated carbocycles. The summed E-state index contributed by atoms with van der Waals surface area (Å²) >= 11 is 5.83. The van der Waals surface area contributed by atoms with Gasteiger partial charge in [-0.05, 0) is 37.0 Å². The summed E-state index contributed by atoms with van der Waals surface area (Å²) in [5.74, 6) is 0.935. The van der Waals surface area contributed by atoms with Gasteiger partial charge in [0.15, 0.2) is 6.61 Å². The van der Waals surface area contributed by atoms with E-state index in [-0.39, 0.29) is 18.6 Å². The van der Waals surface area contributed by atoms with Gasteiger partial charge in [-0.25, -0.2) is 0 Å². The average Bonchev–Trinajstić information content (AvgIpc) is 2.34. The Kier molecular flexibility index (Phi) is 4.66. The zero-order valence-electron chi connectivity index (χ0n) is 10.9. The lowest BCUT2D eigenvalue weighted by Crippen LogP contribution is -2.41. The highest BCUT2D eigenvalue weighted by Crippen LogP contribution is 2.27. The molecule has 0 bridgehead atoms. The third-order valence-electron chi connectivity index (χ3n) is 3.33. The maximum Gasteiger partial charge on any atom is 0.260 e. The molecule has 1 aliphatic carbocycles. The third-order valence-corrected chi connectivity index (χ3v) is 3.56. The van der Waals surface area contributed by atoms with Gasteiger partial charge >= 0.3 is 0 Å². The summed E-state index contributed by atoms with van der Waals surface area (Å²) < 4.78 is 5.40. The number of hydrogen-bond acceptors (Lipinski definition) is 3. The van der Waals surface area contributed by atoms with Crippen molar-refractivity contribution in [1.82, 2.24) is 4.90 Å². The average molecular weight is 284 g/mol. The van der Waals surface area contributed by atoms with Crippen molar-refractivity contribution >= 4 is 17.5 Å². The molecule has 1 aliphatic rings. The van der Waals surface area contributed by atoms with Crippen molar-refractivity contribution < 1.29 is 14.6 Å². The second-order valence-corrected chi connectivity index (χ2v) is 5.45. The first-order valence-corrected chi connectivity index (χ1v) is 6.73. The molecule has 5 heteroatoms. The Bertz CT molecular complexity index is 446. The predicted octanol–water partition coefficient (Wildman–Crippen LogP) is 1.95. The topological polar surface area (TPSA) is 49.8 Å². The lowest BCUT2D eigenvalue weighted by atomic mass is 9.82. The van der Waals surface area contributed by atoms with Gasteiger partial charge in [-0.2, -0.15) is 0 Å². The van der Waals surface area contributed by atoms with Gasteiger partial charge in [-0.1, -0.05) is 17.7 Å². The number of likely N-dealkylation sites (N-methyl/N-ethyl adjacent to an activating group) is 1. The minimum absolute atomic E-state index is 0.00607. The highest BCUT2D eigenvalue weighted by Gasteiger charge is 2.29. The molecule has 4 nitrogen and oxygen atoms in total. The fourth-order valence-electron chi connectivity index (χ4n) is 2.15. The van der Waals surface area contributed by atoms with Crippen molar-refractivity contribution in [3.05, 3.63) is 29.3 Å². The van der Waals surface area contributed by atoms with Gasteiger partial charge in [-0.15, -0.1) is 0 Å². The summed E-state index contributed by atoms with van der Waals surface area (Å²) in [5, 5.41) is 9.79. The molecule has 1 amide bonds. The molecule has 1 N–H and O–H groups in total. The van der Waals surface area contributed by atoms with E-state index in [4.69, 9.17) is 16.3 Å². The van der Waals surface area contributed by atoms with Gasteiger partial charge < -0.3 is 14.7 Å². The van der Waals surface area contributed by atoms with Crippen LogP contribution in [-0.2, 0) is 4.79 Å². The molecule has 0 spiro atoms. The van der Waals surface area contributed by atoms with E-state index in [0.29, 0.717) is 23.2 Å². The molecule has 0 unspecified atom stereocenters. The molecule has 0 saturated heterocycles. The number of rotatable bonds is 5. The number of aliphatic hydroxyl groups is 1. The molecule has 0 aromatic heterocycles. The quantitative estimate of drug-likeness (QED) is 0.898. The van der Waals surface area contributed by atoms with Crippen molar-refractivity contribution in [3.63, 3.8) is 0 Å². The fraction of sp³-hybridized carbons (Fsp3) is 0.500. The Morgan fingerprint density at radius 3 is 2.89 bits per heavy atom. The molecule has 0 aliphatic heterocycles. The maximum atomic E-state index is 11.9. The number of ether oxygens (including phenoxy) is 1. The monoisotopic (exact) mass is 283 g/mol. The van der Waals surface area contributed by atoms with E-state index < -0.39 is 0 Å². The number of carbonyl (C=O) groups excluding carboxylic acids is 1. The second-order valence-electron chi connectivity index (χ2n) is 5.01. The number of hydrogen-bond donors (Lipinski definition) is 1. The van der Waals surface area contributed by atoms with E-state index in [9.17, 15) is 9.90 Å². The molecule has 0 radical (unpaired) electrons. The Labute approximate surface area is 117 Å². The summed E-state index contributed by atoms with van der Waals surface area (Å²) in [6.45, 7) is 0.681. The largest absolute Gasteiger partial charge is 0.484 e. The van der Waals surface area contributed by atoms with Crippen LogP contribution in [-0.4, -0.2) is 42.2 Å². The van der Waals surface area contributed by atoms with Crippen molar-refractivity contribution in [2.45, 2.75) is 18.9 Å². The maximum absolute atomic E-state index is 11.9. The number of nitrogens with zero attached hydrogens (tertiary/aromatic N) is 1. The van der Waals surface area contributed by atoms with Crippen molar-refractivity contribution in [2.75, 3.05) is 20.2 Å². The van der Waals surface area contributed by atoms with Gasteiger partial charge in [-0.3, -0.25) is 4.79 Å². The molecule has 1 fully saturated rings. The van der Waals surface area contributed by atoms with Crippen LogP contribution < -0.4 is 4.74 Å². The van der Waals surface area contributed by atoms with E-state index in [1.807, 2.05) is 0 Å². The SMILES string of the molecule is CN(CC1CC(O)C1)C(=O)COc1cccc(Cl)c1. The molecule has 0 atom stereocenters. The molecule has 2 rings (SSSR count). The highest BCUT2D eigenvalue weighted by atomic mass is 35.5. The van der Waals surface area contributed by atoms with Gasteiger partial charge in [0.2, 0.25) is 0 Å². The normalized spacial score (nSPS) is 21.6. The van der Waals surface area contributed by atoms with E-state index in [1.54, 1.807) is 36.2 Å². The first-order chi connectivity index (χ1) is 9.04. The molecule has 0 heterocycles. The predicted molar refractivity (Wildman–Crippen MR) is 73.3 cm³/mol. The highest BCUT2D eigenvalue weighted by molar-refractivity contribution is 6.30. The van der Waals surface area contributed by atoms with Crippen molar-refractivity contribution in [3.8, 4) is 5.75 Å².